The molecule has 0 bridgehead atoms. The third-order valence-corrected chi connectivity index (χ3v) is 1.54. The van der Waals surface area contributed by atoms with E-state index in [-0.39, 0.29) is 17.2 Å². The molecule has 0 unspecified atom stereocenters. The van der Waals surface area contributed by atoms with Crippen LogP contribution >= 0.6 is 0 Å². The Kier molecular flexibility index (Phi) is 1.86. The quantitative estimate of drug-likeness (QED) is 0.675. The van der Waals surface area contributed by atoms with E-state index >= 15 is 0 Å². The van der Waals surface area contributed by atoms with E-state index in [4.69, 9.17) is 6.48 Å². The fourth-order valence-electron chi connectivity index (χ4n) is 0.831. The molecule has 1 aromatic carbocycles. The van der Waals surface area contributed by atoms with Crippen LogP contribution < -0.4 is 0 Å². The molecule has 1 rings (SSSR count). The van der Waals surface area contributed by atoms with Gasteiger partial charge in [-0.3, -0.25) is 4.79 Å². The molecule has 0 amide bonds. The number of carbonyl (C=O) groups excluding carboxylic acids is 1. The van der Waals surface area contributed by atoms with Crippen molar-refractivity contribution in [2.75, 3.05) is 0 Å². The summed E-state index contributed by atoms with van der Waals surface area (Å²) in [4.78, 5) is 21.1. The van der Waals surface area contributed by atoms with E-state index in [0.717, 1.165) is 0 Å². The van der Waals surface area contributed by atoms with Crippen molar-refractivity contribution in [3.63, 3.8) is 0 Å². The van der Waals surface area contributed by atoms with E-state index in [1.807, 2.05) is 0 Å². The van der Waals surface area contributed by atoms with Crippen molar-refractivity contribution >= 4 is 12.3 Å². The van der Waals surface area contributed by atoms with Crippen molar-refractivity contribution in [3.8, 4) is 0 Å². The molecule has 62 valence electrons. The molecule has 0 heterocycles. The van der Waals surface area contributed by atoms with Crippen molar-refractivity contribution in [1.29, 1.82) is 0 Å². The van der Waals surface area contributed by atoms with Crippen LogP contribution in [-0.2, 0) is 0 Å². The largest absolute Gasteiger partial charge is 0.478 e. The lowest BCUT2D eigenvalue weighted by molar-refractivity contribution is 0.0697. The molecule has 0 saturated carbocycles. The molecule has 0 aliphatic heterocycles. The molecular formula is C9H8O3. The summed E-state index contributed by atoms with van der Waals surface area (Å²) in [5.74, 6) is -1.19. The topological polar surface area (TPSA) is 54.4 Å². The van der Waals surface area contributed by atoms with Gasteiger partial charge in [-0.2, -0.15) is 0 Å². The van der Waals surface area contributed by atoms with E-state index in [2.05, 4.69) is 0 Å². The van der Waals surface area contributed by atoms with Gasteiger partial charge < -0.3 is 5.11 Å². The number of aldehydes is 1. The van der Waals surface area contributed by atoms with E-state index in [0.29, 0.717) is 11.8 Å². The first-order valence-corrected chi connectivity index (χ1v) is 3.36. The normalized spacial score (nSPS) is 10.6. The third-order valence-electron chi connectivity index (χ3n) is 1.54. The molecule has 0 radical (unpaired) electrons. The average molecular weight is 165 g/mol. The summed E-state index contributed by atoms with van der Waals surface area (Å²) in [7, 11) is 0. The zero-order valence-electron chi connectivity index (χ0n) is 7.50. The van der Waals surface area contributed by atoms with Gasteiger partial charge in [0.2, 0.25) is 0 Å². The highest BCUT2D eigenvalue weighted by molar-refractivity contribution is 5.90. The van der Waals surface area contributed by atoms with Crippen molar-refractivity contribution in [2.24, 2.45) is 0 Å². The Morgan fingerprint density at radius 2 is 2.33 bits per heavy atom. The summed E-state index contributed by atoms with van der Waals surface area (Å²) in [6.07, 6.45) is 0.504. The number of hydrogen-bond donors (Lipinski definition) is 1. The second-order valence-corrected chi connectivity index (χ2v) is 2.39. The molecule has 0 aliphatic carbocycles. The van der Waals surface area contributed by atoms with E-state index in [9.17, 15) is 9.59 Å². The molecule has 3 nitrogen and oxygen atoms in total. The highest BCUT2D eigenvalue weighted by atomic mass is 16.4. The van der Waals surface area contributed by atoms with Gasteiger partial charge >= 0.3 is 5.97 Å². The van der Waals surface area contributed by atoms with E-state index in [1.165, 1.54) is 12.1 Å². The molecular weight excluding hydrogens is 156 g/mol. The van der Waals surface area contributed by atoms with E-state index in [1.54, 1.807) is 6.92 Å². The molecule has 0 fully saturated rings. The maximum absolute atomic E-state index is 10.6. The molecule has 0 spiro atoms. The molecule has 12 heavy (non-hydrogen) atoms. The second-order valence-electron chi connectivity index (χ2n) is 2.39. The van der Waals surface area contributed by atoms with Crippen LogP contribution in [-0.4, -0.2) is 17.4 Å². The minimum atomic E-state index is -1.19. The maximum Gasteiger partial charge on any atom is 0.335 e. The fraction of sp³-hybridized carbons (Fsp3) is 0.111. The lowest BCUT2D eigenvalue weighted by atomic mass is 10.1. The van der Waals surface area contributed by atoms with Crippen LogP contribution in [0.4, 0.5) is 0 Å². The number of carbonyl (C=O) groups is 2. The second kappa shape index (κ2) is 3.17. The molecule has 0 saturated heterocycles. The smallest absolute Gasteiger partial charge is 0.335 e. The summed E-state index contributed by atoms with van der Waals surface area (Å²) in [5, 5.41) is 8.64. The minimum Gasteiger partial charge on any atom is -0.478 e. The number of carboxylic acids is 1. The van der Waals surface area contributed by atoms with Crippen LogP contribution in [0.5, 0.6) is 0 Å². The van der Waals surface area contributed by atoms with Gasteiger partial charge in [0.15, 0.2) is 0 Å². The predicted molar refractivity (Wildman–Crippen MR) is 43.5 cm³/mol. The summed E-state index contributed by atoms with van der Waals surface area (Å²) >= 11 is 0. The Morgan fingerprint density at radius 3 is 2.83 bits per heavy atom. The fourth-order valence-corrected chi connectivity index (χ4v) is 0.831. The van der Waals surface area contributed by atoms with Gasteiger partial charge in [-0.25, -0.2) is 4.79 Å². The zero-order valence-corrected chi connectivity index (χ0v) is 6.50. The maximum atomic E-state index is 10.6. The molecule has 3 heteroatoms. The Labute approximate surface area is 71.0 Å². The zero-order chi connectivity index (χ0) is 10.0. The number of aryl methyl sites for hydroxylation is 1. The minimum absolute atomic E-state index is 0.139. The SMILES string of the molecule is [2H]c1c(C(=O)O)ccc(C)c1C=O. The molecule has 0 aromatic heterocycles. The van der Waals surface area contributed by atoms with Crippen LogP contribution in [0.1, 0.15) is 27.7 Å². The number of carboxylic acid groups (broad SMARTS) is 1. The van der Waals surface area contributed by atoms with E-state index < -0.39 is 5.97 Å². The number of benzene rings is 1. The van der Waals surface area contributed by atoms with Gasteiger partial charge in [-0.05, 0) is 24.6 Å². The summed E-state index contributed by atoms with van der Waals surface area (Å²) < 4.78 is 7.41. The Morgan fingerprint density at radius 1 is 1.67 bits per heavy atom. The first-order chi connectivity index (χ1) is 6.07. The first-order valence-electron chi connectivity index (χ1n) is 3.86. The van der Waals surface area contributed by atoms with Crippen molar-refractivity contribution in [3.05, 3.63) is 34.9 Å². The summed E-state index contributed by atoms with van der Waals surface area (Å²) in [6.45, 7) is 1.66. The number of hydrogen-bond acceptors (Lipinski definition) is 2. The van der Waals surface area contributed by atoms with Gasteiger partial charge in [0.25, 0.3) is 0 Å². The number of aromatic carboxylic acids is 1. The van der Waals surface area contributed by atoms with Crippen LogP contribution in [0, 0.1) is 6.92 Å². The van der Waals surface area contributed by atoms with Crippen LogP contribution in [0.3, 0.4) is 0 Å². The van der Waals surface area contributed by atoms with Gasteiger partial charge in [0.1, 0.15) is 6.29 Å². The molecule has 0 aliphatic rings. The predicted octanol–water partition coefficient (Wildman–Crippen LogP) is 1.51. The standard InChI is InChI=1S/C9H8O3/c1-6-2-3-7(9(11)12)4-8(6)5-10/h2-5H,1H3,(H,11,12)/i4D. The molecule has 0 atom stereocenters. The van der Waals surface area contributed by atoms with Crippen molar-refractivity contribution < 1.29 is 16.1 Å². The van der Waals surface area contributed by atoms with Crippen molar-refractivity contribution in [1.82, 2.24) is 0 Å². The Hall–Kier alpha value is -1.64. The van der Waals surface area contributed by atoms with Gasteiger partial charge in [-0.15, -0.1) is 0 Å². The summed E-state index contributed by atoms with van der Waals surface area (Å²) in [5.41, 5.74) is 0.609. The number of rotatable bonds is 2. The van der Waals surface area contributed by atoms with Crippen LogP contribution in [0.25, 0.3) is 0 Å². The monoisotopic (exact) mass is 165 g/mol. The highest BCUT2D eigenvalue weighted by Gasteiger charge is 2.04. The third kappa shape index (κ3) is 1.50. The van der Waals surface area contributed by atoms with Gasteiger partial charge in [-0.1, -0.05) is 6.07 Å². The summed E-state index contributed by atoms with van der Waals surface area (Å²) in [6, 6.07) is 2.63. The first kappa shape index (κ1) is 7.03. The van der Waals surface area contributed by atoms with Gasteiger partial charge in [0.05, 0.1) is 6.93 Å². The molecule has 1 aromatic rings. The Balaban J connectivity index is 3.44. The lowest BCUT2D eigenvalue weighted by Gasteiger charge is -1.98. The van der Waals surface area contributed by atoms with Crippen molar-refractivity contribution in [2.45, 2.75) is 6.92 Å². The van der Waals surface area contributed by atoms with Gasteiger partial charge in [0, 0.05) is 5.56 Å². The van der Waals surface area contributed by atoms with Crippen LogP contribution in [0.15, 0.2) is 18.2 Å². The van der Waals surface area contributed by atoms with Crippen LogP contribution in [0.2, 0.25) is 0 Å². The lowest BCUT2D eigenvalue weighted by Crippen LogP contribution is -1.98. The Bertz CT molecular complexity index is 371. The highest BCUT2D eigenvalue weighted by Crippen LogP contribution is 2.08. The molecule has 1 N–H and O–H groups in total. The average Bonchev–Trinajstić information content (AvgIpc) is 2.04.